The van der Waals surface area contributed by atoms with Crippen LogP contribution in [0.15, 0.2) is 16.9 Å². The molecule has 0 spiro atoms. The molecule has 1 aliphatic heterocycles. The van der Waals surface area contributed by atoms with Gasteiger partial charge in [0, 0.05) is 5.39 Å². The number of carbonyl (C=O) groups is 1. The molecule has 3 rings (SSSR count). The summed E-state index contributed by atoms with van der Waals surface area (Å²) in [6.07, 6.45) is 0. The highest BCUT2D eigenvalue weighted by Gasteiger charge is 2.28. The standard InChI is InChI=1S/C14H11F2NO4/c1-6-5-21-12-10(16)9(15)4-7-3-8(14(19)20-2)13(18)17(6)11(7)12/h3-4,6H,5H2,1-2H3/t6-/m0/s1. The van der Waals surface area contributed by atoms with Crippen LogP contribution in [0.5, 0.6) is 5.75 Å². The monoisotopic (exact) mass is 295 g/mol. The van der Waals surface area contributed by atoms with E-state index in [4.69, 9.17) is 4.74 Å². The number of methoxy groups -OCH3 is 1. The Morgan fingerprint density at radius 1 is 1.43 bits per heavy atom. The molecule has 1 atom stereocenters. The van der Waals surface area contributed by atoms with Gasteiger partial charge in [-0.25, -0.2) is 9.18 Å². The molecule has 2 heterocycles. The minimum atomic E-state index is -1.15. The van der Waals surface area contributed by atoms with Crippen LogP contribution in [0.3, 0.4) is 0 Å². The van der Waals surface area contributed by atoms with Gasteiger partial charge in [-0.2, -0.15) is 4.39 Å². The highest BCUT2D eigenvalue weighted by Crippen LogP contribution is 2.35. The third-order valence-corrected chi connectivity index (χ3v) is 3.48. The summed E-state index contributed by atoms with van der Waals surface area (Å²) in [5.41, 5.74) is -0.696. The molecule has 0 radical (unpaired) electrons. The van der Waals surface area contributed by atoms with Gasteiger partial charge >= 0.3 is 5.97 Å². The second-order valence-corrected chi connectivity index (χ2v) is 4.82. The maximum Gasteiger partial charge on any atom is 0.343 e. The summed E-state index contributed by atoms with van der Waals surface area (Å²) in [6.45, 7) is 1.69. The Bertz CT molecular complexity index is 828. The molecule has 1 aromatic heterocycles. The molecule has 0 bridgehead atoms. The average Bonchev–Trinajstić information content (AvgIpc) is 2.47. The molecule has 110 valence electrons. The first kappa shape index (κ1) is 13.5. The van der Waals surface area contributed by atoms with Crippen molar-refractivity contribution in [2.45, 2.75) is 13.0 Å². The second kappa shape index (κ2) is 4.54. The van der Waals surface area contributed by atoms with Crippen molar-refractivity contribution >= 4 is 16.9 Å². The fourth-order valence-electron chi connectivity index (χ4n) is 2.51. The summed E-state index contributed by atoms with van der Waals surface area (Å²) in [5.74, 6) is -3.38. The van der Waals surface area contributed by atoms with Crippen LogP contribution in [0.4, 0.5) is 8.78 Å². The molecule has 1 aliphatic rings. The highest BCUT2D eigenvalue weighted by molar-refractivity contribution is 5.95. The maximum absolute atomic E-state index is 13.8. The van der Waals surface area contributed by atoms with Gasteiger partial charge in [-0.1, -0.05) is 0 Å². The minimum absolute atomic E-state index is 0.00695. The van der Waals surface area contributed by atoms with Crippen LogP contribution in [0.25, 0.3) is 10.9 Å². The van der Waals surface area contributed by atoms with E-state index in [-0.39, 0.29) is 28.8 Å². The topological polar surface area (TPSA) is 57.5 Å². The first-order chi connectivity index (χ1) is 9.95. The molecule has 0 aliphatic carbocycles. The zero-order chi connectivity index (χ0) is 15.3. The largest absolute Gasteiger partial charge is 0.486 e. The number of benzene rings is 1. The molecule has 7 heteroatoms. The van der Waals surface area contributed by atoms with Crippen molar-refractivity contribution in [3.63, 3.8) is 0 Å². The Labute approximate surface area is 117 Å². The van der Waals surface area contributed by atoms with Gasteiger partial charge in [0.15, 0.2) is 11.6 Å². The Hall–Kier alpha value is -2.44. The number of carbonyl (C=O) groups excluding carboxylic acids is 1. The number of esters is 1. The van der Waals surface area contributed by atoms with E-state index in [0.717, 1.165) is 13.2 Å². The molecule has 0 saturated carbocycles. The van der Waals surface area contributed by atoms with Gasteiger partial charge in [-0.15, -0.1) is 0 Å². The zero-order valence-corrected chi connectivity index (χ0v) is 11.3. The lowest BCUT2D eigenvalue weighted by atomic mass is 10.1. The smallest absolute Gasteiger partial charge is 0.343 e. The van der Waals surface area contributed by atoms with Crippen LogP contribution in [0.1, 0.15) is 23.3 Å². The normalized spacial score (nSPS) is 16.7. The minimum Gasteiger partial charge on any atom is -0.486 e. The highest BCUT2D eigenvalue weighted by atomic mass is 19.2. The summed E-state index contributed by atoms with van der Waals surface area (Å²) in [7, 11) is 1.14. The van der Waals surface area contributed by atoms with Crippen LogP contribution in [-0.2, 0) is 4.74 Å². The first-order valence-corrected chi connectivity index (χ1v) is 6.24. The number of rotatable bonds is 1. The predicted octanol–water partition coefficient (Wildman–Crippen LogP) is 2.02. The number of hydrogen-bond acceptors (Lipinski definition) is 4. The molecular formula is C14H11F2NO4. The van der Waals surface area contributed by atoms with Gasteiger partial charge in [0.25, 0.3) is 5.56 Å². The van der Waals surface area contributed by atoms with E-state index >= 15 is 0 Å². The molecule has 5 nitrogen and oxygen atoms in total. The second-order valence-electron chi connectivity index (χ2n) is 4.82. The van der Waals surface area contributed by atoms with Crippen molar-refractivity contribution in [3.8, 4) is 5.75 Å². The summed E-state index contributed by atoms with van der Waals surface area (Å²) < 4.78 is 38.4. The summed E-state index contributed by atoms with van der Waals surface area (Å²) in [6, 6.07) is 1.70. The van der Waals surface area contributed by atoms with E-state index in [1.807, 2.05) is 0 Å². The van der Waals surface area contributed by atoms with E-state index in [9.17, 15) is 18.4 Å². The molecule has 0 fully saturated rings. The number of pyridine rings is 1. The van der Waals surface area contributed by atoms with Crippen molar-refractivity contribution in [1.29, 1.82) is 0 Å². The number of aromatic nitrogens is 1. The van der Waals surface area contributed by atoms with Crippen molar-refractivity contribution in [2.75, 3.05) is 13.7 Å². The first-order valence-electron chi connectivity index (χ1n) is 6.24. The van der Waals surface area contributed by atoms with Crippen molar-refractivity contribution in [3.05, 3.63) is 39.7 Å². The lowest BCUT2D eigenvalue weighted by molar-refractivity contribution is 0.0597. The Morgan fingerprint density at radius 2 is 2.14 bits per heavy atom. The van der Waals surface area contributed by atoms with Crippen molar-refractivity contribution < 1.29 is 23.0 Å². The number of hydrogen-bond donors (Lipinski definition) is 0. The Morgan fingerprint density at radius 3 is 2.81 bits per heavy atom. The average molecular weight is 295 g/mol. The number of halogens is 2. The molecule has 0 unspecified atom stereocenters. The Balaban J connectivity index is 2.51. The van der Waals surface area contributed by atoms with Gasteiger partial charge in [0.05, 0.1) is 18.7 Å². The van der Waals surface area contributed by atoms with Gasteiger partial charge in [-0.3, -0.25) is 9.36 Å². The van der Waals surface area contributed by atoms with Crippen molar-refractivity contribution in [1.82, 2.24) is 4.57 Å². The third-order valence-electron chi connectivity index (χ3n) is 3.48. The molecule has 0 amide bonds. The fourth-order valence-corrected chi connectivity index (χ4v) is 2.51. The van der Waals surface area contributed by atoms with Gasteiger partial charge in [0.2, 0.25) is 5.82 Å². The molecule has 1 aromatic carbocycles. The summed E-state index contributed by atoms with van der Waals surface area (Å²) in [4.78, 5) is 24.1. The fraction of sp³-hybridized carbons (Fsp3) is 0.286. The van der Waals surface area contributed by atoms with E-state index < -0.39 is 29.2 Å². The van der Waals surface area contributed by atoms with Gasteiger partial charge < -0.3 is 9.47 Å². The number of nitrogens with zero attached hydrogens (tertiary/aromatic N) is 1. The molecule has 21 heavy (non-hydrogen) atoms. The van der Waals surface area contributed by atoms with E-state index in [1.54, 1.807) is 6.92 Å². The maximum atomic E-state index is 13.8. The summed E-state index contributed by atoms with van der Waals surface area (Å²) >= 11 is 0. The Kier molecular flexibility index (Phi) is 2.93. The predicted molar refractivity (Wildman–Crippen MR) is 69.7 cm³/mol. The lowest BCUT2D eigenvalue weighted by Crippen LogP contribution is -2.34. The molecule has 0 saturated heterocycles. The zero-order valence-electron chi connectivity index (χ0n) is 11.3. The van der Waals surface area contributed by atoms with Crippen molar-refractivity contribution in [2.24, 2.45) is 0 Å². The quantitative estimate of drug-likeness (QED) is 0.755. The molecule has 2 aromatic rings. The van der Waals surface area contributed by atoms with Crippen LogP contribution in [-0.4, -0.2) is 24.3 Å². The van der Waals surface area contributed by atoms with Gasteiger partial charge in [0.1, 0.15) is 12.2 Å². The van der Waals surface area contributed by atoms with Gasteiger partial charge in [-0.05, 0) is 19.1 Å². The SMILES string of the molecule is COC(=O)c1cc2cc(F)c(F)c3c2n(c1=O)[C@@H](C)CO3. The van der Waals surface area contributed by atoms with Crippen LogP contribution < -0.4 is 10.3 Å². The molecule has 0 N–H and O–H groups in total. The third kappa shape index (κ3) is 1.80. The van der Waals surface area contributed by atoms with Crippen LogP contribution >= 0.6 is 0 Å². The van der Waals surface area contributed by atoms with Crippen LogP contribution in [0, 0.1) is 11.6 Å². The molecular weight excluding hydrogens is 284 g/mol. The number of ether oxygens (including phenoxy) is 2. The van der Waals surface area contributed by atoms with E-state index in [0.29, 0.717) is 0 Å². The summed E-state index contributed by atoms with van der Waals surface area (Å²) in [5, 5.41) is 0.204. The van der Waals surface area contributed by atoms with E-state index in [1.165, 1.54) is 10.6 Å². The van der Waals surface area contributed by atoms with E-state index in [2.05, 4.69) is 4.74 Å². The van der Waals surface area contributed by atoms with Crippen LogP contribution in [0.2, 0.25) is 0 Å². The lowest BCUT2D eigenvalue weighted by Gasteiger charge is -2.26.